The number of hydrogen-bond donors (Lipinski definition) is 1. The van der Waals surface area contributed by atoms with Gasteiger partial charge in [-0.1, -0.05) is 13.8 Å². The number of nitrogens with one attached hydrogen (secondary N) is 1. The molecule has 0 rings (SSSR count). The van der Waals surface area contributed by atoms with Crippen LogP contribution in [-0.2, 0) is 10.0 Å². The quantitative estimate of drug-likeness (QED) is 0.742. The van der Waals surface area contributed by atoms with Gasteiger partial charge in [-0.05, 0) is 5.92 Å². The SMILES string of the molecule is CC(C)CNS(=O)(=O)C(C)(F)F. The van der Waals surface area contributed by atoms with Crippen molar-refractivity contribution in [3.05, 3.63) is 0 Å². The summed E-state index contributed by atoms with van der Waals surface area (Å²) >= 11 is 0. The molecule has 12 heavy (non-hydrogen) atoms. The third-order valence-electron chi connectivity index (χ3n) is 1.15. The standard InChI is InChI=1S/C6H13F2NO2S/c1-5(2)4-9-12(10,11)6(3,7)8/h5,9H,4H2,1-3H3. The molecule has 0 heterocycles. The van der Waals surface area contributed by atoms with Crippen LogP contribution in [0, 0.1) is 5.92 Å². The van der Waals surface area contributed by atoms with E-state index in [9.17, 15) is 17.2 Å². The molecule has 0 radical (unpaired) electrons. The van der Waals surface area contributed by atoms with E-state index in [-0.39, 0.29) is 12.5 Å². The van der Waals surface area contributed by atoms with Gasteiger partial charge in [0.05, 0.1) is 0 Å². The zero-order valence-electron chi connectivity index (χ0n) is 7.27. The van der Waals surface area contributed by atoms with Crippen LogP contribution < -0.4 is 4.72 Å². The van der Waals surface area contributed by atoms with Gasteiger partial charge >= 0.3 is 5.25 Å². The second-order valence-electron chi connectivity index (χ2n) is 3.05. The van der Waals surface area contributed by atoms with E-state index in [1.165, 1.54) is 0 Å². The molecule has 0 aliphatic carbocycles. The Morgan fingerprint density at radius 3 is 2.08 bits per heavy atom. The smallest absolute Gasteiger partial charge is 0.210 e. The molecule has 0 atom stereocenters. The molecule has 0 aromatic heterocycles. The van der Waals surface area contributed by atoms with Gasteiger partial charge in [-0.15, -0.1) is 0 Å². The minimum absolute atomic E-state index is 0.0159. The highest BCUT2D eigenvalue weighted by Gasteiger charge is 2.38. The van der Waals surface area contributed by atoms with E-state index >= 15 is 0 Å². The Kier molecular flexibility index (Phi) is 3.59. The molecule has 0 unspecified atom stereocenters. The third kappa shape index (κ3) is 3.44. The van der Waals surface area contributed by atoms with Crippen molar-refractivity contribution < 1.29 is 17.2 Å². The van der Waals surface area contributed by atoms with Gasteiger partial charge < -0.3 is 0 Å². The maximum Gasteiger partial charge on any atom is 0.356 e. The number of rotatable bonds is 4. The first-order chi connectivity index (χ1) is 5.17. The molecule has 0 aromatic rings. The van der Waals surface area contributed by atoms with Crippen LogP contribution in [0.4, 0.5) is 8.78 Å². The molecule has 0 aromatic carbocycles. The highest BCUT2D eigenvalue weighted by atomic mass is 32.2. The topological polar surface area (TPSA) is 46.2 Å². The van der Waals surface area contributed by atoms with E-state index in [0.29, 0.717) is 6.92 Å². The summed E-state index contributed by atoms with van der Waals surface area (Å²) in [6.07, 6.45) is 0. The van der Waals surface area contributed by atoms with Crippen molar-refractivity contribution in [1.82, 2.24) is 4.72 Å². The normalized spacial score (nSPS) is 13.8. The van der Waals surface area contributed by atoms with Gasteiger partial charge in [0.2, 0.25) is 0 Å². The highest BCUT2D eigenvalue weighted by Crippen LogP contribution is 2.18. The van der Waals surface area contributed by atoms with Crippen molar-refractivity contribution in [2.45, 2.75) is 26.0 Å². The molecule has 3 nitrogen and oxygen atoms in total. The Hall–Kier alpha value is -0.230. The maximum absolute atomic E-state index is 12.3. The summed E-state index contributed by atoms with van der Waals surface area (Å²) in [6.45, 7) is 3.86. The van der Waals surface area contributed by atoms with Crippen LogP contribution in [-0.4, -0.2) is 20.2 Å². The minimum Gasteiger partial charge on any atom is -0.210 e. The van der Waals surface area contributed by atoms with Crippen LogP contribution >= 0.6 is 0 Å². The van der Waals surface area contributed by atoms with Crippen LogP contribution in [0.5, 0.6) is 0 Å². The zero-order valence-corrected chi connectivity index (χ0v) is 8.08. The average molecular weight is 201 g/mol. The summed E-state index contributed by atoms with van der Waals surface area (Å²) < 4.78 is 47.8. The summed E-state index contributed by atoms with van der Waals surface area (Å²) in [6, 6.07) is 0. The molecule has 0 aliphatic rings. The monoisotopic (exact) mass is 201 g/mol. The molecular formula is C6H13F2NO2S. The Morgan fingerprint density at radius 1 is 1.42 bits per heavy atom. The number of sulfonamides is 1. The Balaban J connectivity index is 4.27. The summed E-state index contributed by atoms with van der Waals surface area (Å²) in [4.78, 5) is 0. The number of halogens is 2. The Bertz CT molecular complexity index is 230. The van der Waals surface area contributed by atoms with Gasteiger partial charge in [0.1, 0.15) is 0 Å². The van der Waals surface area contributed by atoms with E-state index in [1.54, 1.807) is 13.8 Å². The summed E-state index contributed by atoms with van der Waals surface area (Å²) in [5.74, 6) is 0.0159. The lowest BCUT2D eigenvalue weighted by atomic mass is 10.2. The molecule has 0 spiro atoms. The first-order valence-electron chi connectivity index (χ1n) is 3.54. The Morgan fingerprint density at radius 2 is 1.83 bits per heavy atom. The molecule has 1 N–H and O–H groups in total. The van der Waals surface area contributed by atoms with Crippen molar-refractivity contribution >= 4 is 10.0 Å². The van der Waals surface area contributed by atoms with E-state index in [4.69, 9.17) is 0 Å². The lowest BCUT2D eigenvalue weighted by molar-refractivity contribution is 0.112. The van der Waals surface area contributed by atoms with Crippen molar-refractivity contribution in [3.8, 4) is 0 Å². The summed E-state index contributed by atoms with van der Waals surface area (Å²) in [5.41, 5.74) is 0. The van der Waals surface area contributed by atoms with Crippen LogP contribution in [0.2, 0.25) is 0 Å². The van der Waals surface area contributed by atoms with Crippen LogP contribution in [0.25, 0.3) is 0 Å². The van der Waals surface area contributed by atoms with Crippen molar-refractivity contribution in [1.29, 1.82) is 0 Å². The van der Waals surface area contributed by atoms with Gasteiger partial charge in [-0.25, -0.2) is 13.1 Å². The second-order valence-corrected chi connectivity index (χ2v) is 5.07. The summed E-state index contributed by atoms with van der Waals surface area (Å²) in [5, 5.41) is -3.71. The average Bonchev–Trinajstić information content (AvgIpc) is 1.81. The zero-order chi connectivity index (χ0) is 9.99. The first-order valence-corrected chi connectivity index (χ1v) is 5.02. The lowest BCUT2D eigenvalue weighted by Crippen LogP contribution is -2.39. The molecule has 0 aliphatic heterocycles. The van der Waals surface area contributed by atoms with Crippen molar-refractivity contribution in [2.75, 3.05) is 6.54 Å². The number of hydrogen-bond acceptors (Lipinski definition) is 2. The highest BCUT2D eigenvalue weighted by molar-refractivity contribution is 7.90. The van der Waals surface area contributed by atoms with Crippen LogP contribution in [0.15, 0.2) is 0 Å². The van der Waals surface area contributed by atoms with Crippen LogP contribution in [0.3, 0.4) is 0 Å². The molecule has 74 valence electrons. The maximum atomic E-state index is 12.3. The van der Waals surface area contributed by atoms with Gasteiger partial charge in [0, 0.05) is 13.5 Å². The van der Waals surface area contributed by atoms with E-state index in [1.807, 2.05) is 4.72 Å². The minimum atomic E-state index is -4.48. The summed E-state index contributed by atoms with van der Waals surface area (Å²) in [7, 11) is -4.48. The van der Waals surface area contributed by atoms with Crippen LogP contribution in [0.1, 0.15) is 20.8 Å². The van der Waals surface area contributed by atoms with E-state index < -0.39 is 15.3 Å². The van der Waals surface area contributed by atoms with E-state index in [0.717, 1.165) is 0 Å². The molecule has 0 saturated heterocycles. The molecule has 0 bridgehead atoms. The molecule has 0 amide bonds. The fourth-order valence-electron chi connectivity index (χ4n) is 0.403. The molecule has 0 fully saturated rings. The predicted octanol–water partition coefficient (Wildman–Crippen LogP) is 1.17. The molecule has 0 saturated carbocycles. The largest absolute Gasteiger partial charge is 0.356 e. The predicted molar refractivity (Wildman–Crippen MR) is 42.4 cm³/mol. The first kappa shape index (κ1) is 11.8. The molecular weight excluding hydrogens is 188 g/mol. The number of alkyl halides is 2. The lowest BCUT2D eigenvalue weighted by Gasteiger charge is -2.13. The fourth-order valence-corrected chi connectivity index (χ4v) is 1.21. The van der Waals surface area contributed by atoms with Gasteiger partial charge in [0.15, 0.2) is 0 Å². The van der Waals surface area contributed by atoms with Crippen molar-refractivity contribution in [2.24, 2.45) is 5.92 Å². The van der Waals surface area contributed by atoms with Crippen molar-refractivity contribution in [3.63, 3.8) is 0 Å². The van der Waals surface area contributed by atoms with E-state index in [2.05, 4.69) is 0 Å². The van der Waals surface area contributed by atoms with Gasteiger partial charge in [0.25, 0.3) is 10.0 Å². The second kappa shape index (κ2) is 3.66. The fraction of sp³-hybridized carbons (Fsp3) is 1.00. The third-order valence-corrected chi connectivity index (χ3v) is 2.64. The molecule has 6 heteroatoms. The van der Waals surface area contributed by atoms with Gasteiger partial charge in [-0.2, -0.15) is 8.78 Å². The van der Waals surface area contributed by atoms with Gasteiger partial charge in [-0.3, -0.25) is 0 Å². The Labute approximate surface area is 71.2 Å².